The standard InChI is InChI=1S/C14H11Cl2N5/c1-8-2-4-10(5-3-8)21-14(18-19-20-21)11-6-9(17)7-12(15)13(11)16/h2-7H,17H2,1H3. The second-order valence-corrected chi connectivity index (χ2v) is 5.40. The monoisotopic (exact) mass is 319 g/mol. The molecule has 3 aromatic rings. The Kier molecular flexibility index (Phi) is 3.53. The van der Waals surface area contributed by atoms with Crippen LogP contribution in [0.25, 0.3) is 17.1 Å². The van der Waals surface area contributed by atoms with Gasteiger partial charge in [0, 0.05) is 11.3 Å². The van der Waals surface area contributed by atoms with Crippen molar-refractivity contribution in [2.24, 2.45) is 0 Å². The molecular weight excluding hydrogens is 309 g/mol. The number of aryl methyl sites for hydroxylation is 1. The number of aromatic nitrogens is 4. The molecule has 7 heteroatoms. The third kappa shape index (κ3) is 2.57. The highest BCUT2D eigenvalue weighted by Gasteiger charge is 2.16. The first-order valence-corrected chi connectivity index (χ1v) is 6.92. The van der Waals surface area contributed by atoms with Crippen molar-refractivity contribution in [1.29, 1.82) is 0 Å². The molecule has 0 unspecified atom stereocenters. The average Bonchev–Trinajstić information content (AvgIpc) is 2.93. The van der Waals surface area contributed by atoms with Gasteiger partial charge in [-0.25, -0.2) is 0 Å². The van der Waals surface area contributed by atoms with Gasteiger partial charge in [-0.1, -0.05) is 40.9 Å². The Labute approximate surface area is 131 Å². The van der Waals surface area contributed by atoms with Crippen molar-refractivity contribution in [2.75, 3.05) is 5.73 Å². The van der Waals surface area contributed by atoms with E-state index in [4.69, 9.17) is 28.9 Å². The van der Waals surface area contributed by atoms with Crippen molar-refractivity contribution in [1.82, 2.24) is 20.2 Å². The van der Waals surface area contributed by atoms with E-state index >= 15 is 0 Å². The zero-order chi connectivity index (χ0) is 15.0. The number of hydrogen-bond acceptors (Lipinski definition) is 4. The lowest BCUT2D eigenvalue weighted by Crippen LogP contribution is -2.01. The topological polar surface area (TPSA) is 69.6 Å². The van der Waals surface area contributed by atoms with E-state index in [-0.39, 0.29) is 0 Å². The summed E-state index contributed by atoms with van der Waals surface area (Å²) in [6, 6.07) is 11.1. The average molecular weight is 320 g/mol. The van der Waals surface area contributed by atoms with E-state index in [1.54, 1.807) is 16.8 Å². The smallest absolute Gasteiger partial charge is 0.188 e. The lowest BCUT2D eigenvalue weighted by atomic mass is 10.1. The van der Waals surface area contributed by atoms with Crippen molar-refractivity contribution >= 4 is 28.9 Å². The van der Waals surface area contributed by atoms with Crippen molar-refractivity contribution in [3.63, 3.8) is 0 Å². The van der Waals surface area contributed by atoms with Crippen LogP contribution in [0.15, 0.2) is 36.4 Å². The highest BCUT2D eigenvalue weighted by Crippen LogP contribution is 2.35. The lowest BCUT2D eigenvalue weighted by molar-refractivity contribution is 0.791. The maximum Gasteiger partial charge on any atom is 0.188 e. The molecule has 0 aliphatic rings. The Balaban J connectivity index is 2.18. The molecule has 21 heavy (non-hydrogen) atoms. The number of benzene rings is 2. The van der Waals surface area contributed by atoms with Crippen LogP contribution in [-0.2, 0) is 0 Å². The van der Waals surface area contributed by atoms with Crippen LogP contribution in [0.2, 0.25) is 10.0 Å². The van der Waals surface area contributed by atoms with E-state index < -0.39 is 0 Å². The zero-order valence-electron chi connectivity index (χ0n) is 11.1. The summed E-state index contributed by atoms with van der Waals surface area (Å²) in [7, 11) is 0. The van der Waals surface area contributed by atoms with Gasteiger partial charge in [0.1, 0.15) is 0 Å². The van der Waals surface area contributed by atoms with Gasteiger partial charge in [0.15, 0.2) is 5.82 Å². The highest BCUT2D eigenvalue weighted by molar-refractivity contribution is 6.43. The lowest BCUT2D eigenvalue weighted by Gasteiger charge is -2.08. The van der Waals surface area contributed by atoms with E-state index in [0.717, 1.165) is 11.3 Å². The fourth-order valence-corrected chi connectivity index (χ4v) is 2.41. The molecule has 0 saturated heterocycles. The third-order valence-electron chi connectivity index (χ3n) is 3.04. The largest absolute Gasteiger partial charge is 0.399 e. The minimum Gasteiger partial charge on any atom is -0.399 e. The van der Waals surface area contributed by atoms with Gasteiger partial charge in [-0.3, -0.25) is 0 Å². The minimum atomic E-state index is 0.366. The number of rotatable bonds is 2. The molecule has 5 nitrogen and oxygen atoms in total. The fourth-order valence-electron chi connectivity index (χ4n) is 1.99. The summed E-state index contributed by atoms with van der Waals surface area (Å²) in [5, 5.41) is 12.5. The van der Waals surface area contributed by atoms with Crippen LogP contribution in [-0.4, -0.2) is 20.2 Å². The third-order valence-corrected chi connectivity index (χ3v) is 3.84. The van der Waals surface area contributed by atoms with Gasteiger partial charge in [0.05, 0.1) is 15.7 Å². The van der Waals surface area contributed by atoms with Gasteiger partial charge in [-0.15, -0.1) is 5.10 Å². The molecular formula is C14H11Cl2N5. The quantitative estimate of drug-likeness (QED) is 0.733. The number of hydrogen-bond donors (Lipinski definition) is 1. The van der Waals surface area contributed by atoms with E-state index in [9.17, 15) is 0 Å². The predicted molar refractivity (Wildman–Crippen MR) is 83.8 cm³/mol. The number of nitrogens with two attached hydrogens (primary N) is 1. The Hall–Kier alpha value is -2.11. The molecule has 0 fully saturated rings. The van der Waals surface area contributed by atoms with Crippen LogP contribution in [0.1, 0.15) is 5.56 Å². The van der Waals surface area contributed by atoms with Crippen LogP contribution in [0.5, 0.6) is 0 Å². The summed E-state index contributed by atoms with van der Waals surface area (Å²) >= 11 is 12.3. The second kappa shape index (κ2) is 5.35. The summed E-state index contributed by atoms with van der Waals surface area (Å²) in [6.07, 6.45) is 0. The van der Waals surface area contributed by atoms with Crippen molar-refractivity contribution in [3.8, 4) is 17.1 Å². The van der Waals surface area contributed by atoms with Gasteiger partial charge in [-0.05, 0) is 41.6 Å². The van der Waals surface area contributed by atoms with E-state index in [1.807, 2.05) is 31.2 Å². The zero-order valence-corrected chi connectivity index (χ0v) is 12.6. The van der Waals surface area contributed by atoms with Gasteiger partial charge in [-0.2, -0.15) is 4.68 Å². The predicted octanol–water partition coefficient (Wildman–Crippen LogP) is 3.53. The number of nitrogens with zero attached hydrogens (tertiary/aromatic N) is 4. The SMILES string of the molecule is Cc1ccc(-n2nnnc2-c2cc(N)cc(Cl)c2Cl)cc1. The van der Waals surface area contributed by atoms with Crippen molar-refractivity contribution in [2.45, 2.75) is 6.92 Å². The van der Waals surface area contributed by atoms with Crippen LogP contribution in [0.4, 0.5) is 5.69 Å². The molecule has 0 aliphatic carbocycles. The molecule has 0 saturated carbocycles. The van der Waals surface area contributed by atoms with Crippen molar-refractivity contribution < 1.29 is 0 Å². The molecule has 106 valence electrons. The maximum atomic E-state index is 6.24. The number of nitrogen functional groups attached to an aromatic ring is 1. The van der Waals surface area contributed by atoms with Crippen LogP contribution in [0, 0.1) is 6.92 Å². The Morgan fingerprint density at radius 2 is 1.81 bits per heavy atom. The molecule has 0 bridgehead atoms. The molecule has 3 rings (SSSR count). The summed E-state index contributed by atoms with van der Waals surface area (Å²) in [4.78, 5) is 0. The molecule has 0 aliphatic heterocycles. The van der Waals surface area contributed by atoms with E-state index in [1.165, 1.54) is 0 Å². The van der Waals surface area contributed by atoms with Gasteiger partial charge < -0.3 is 5.73 Å². The number of anilines is 1. The highest BCUT2D eigenvalue weighted by atomic mass is 35.5. The van der Waals surface area contributed by atoms with Crippen LogP contribution in [0.3, 0.4) is 0 Å². The normalized spacial score (nSPS) is 10.8. The molecule has 1 aromatic heterocycles. The Morgan fingerprint density at radius 1 is 1.10 bits per heavy atom. The molecule has 0 atom stereocenters. The maximum absolute atomic E-state index is 6.24. The van der Waals surface area contributed by atoms with Crippen molar-refractivity contribution in [3.05, 3.63) is 52.0 Å². The second-order valence-electron chi connectivity index (χ2n) is 4.61. The summed E-state index contributed by atoms with van der Waals surface area (Å²) in [6.45, 7) is 2.01. The minimum absolute atomic E-state index is 0.366. The van der Waals surface area contributed by atoms with E-state index in [0.29, 0.717) is 27.1 Å². The Morgan fingerprint density at radius 3 is 2.52 bits per heavy atom. The first-order valence-electron chi connectivity index (χ1n) is 6.16. The number of halogens is 2. The Bertz CT molecular complexity index is 796. The number of tetrazole rings is 1. The molecule has 1 heterocycles. The van der Waals surface area contributed by atoms with Gasteiger partial charge in [0.25, 0.3) is 0 Å². The molecule has 2 aromatic carbocycles. The summed E-state index contributed by atoms with van der Waals surface area (Å²) in [5.74, 6) is 0.484. The first-order chi connectivity index (χ1) is 10.1. The molecule has 0 radical (unpaired) electrons. The molecule has 0 spiro atoms. The summed E-state index contributed by atoms with van der Waals surface area (Å²) in [5.41, 5.74) is 8.89. The van der Waals surface area contributed by atoms with Gasteiger partial charge >= 0.3 is 0 Å². The fraction of sp³-hybridized carbons (Fsp3) is 0.0714. The van der Waals surface area contributed by atoms with Crippen LogP contribution < -0.4 is 5.73 Å². The molecule has 0 amide bonds. The van der Waals surface area contributed by atoms with E-state index in [2.05, 4.69) is 15.5 Å². The van der Waals surface area contributed by atoms with Gasteiger partial charge in [0.2, 0.25) is 0 Å². The van der Waals surface area contributed by atoms with Crippen LogP contribution >= 0.6 is 23.2 Å². The summed E-state index contributed by atoms with van der Waals surface area (Å²) < 4.78 is 1.59. The molecule has 2 N–H and O–H groups in total. The first kappa shape index (κ1) is 13.9.